The molecule has 0 radical (unpaired) electrons. The molecule has 5 rings (SSSR count). The average Bonchev–Trinajstić information content (AvgIpc) is 3.17. The van der Waals surface area contributed by atoms with Gasteiger partial charge >= 0.3 is 211 Å². The van der Waals surface area contributed by atoms with Crippen molar-refractivity contribution in [2.75, 3.05) is 0 Å². The summed E-state index contributed by atoms with van der Waals surface area (Å²) in [6, 6.07) is 10.3. The number of rotatable bonds is 5. The van der Waals surface area contributed by atoms with Gasteiger partial charge < -0.3 is 12.4 Å². The molecule has 0 fully saturated rings. The zero-order chi connectivity index (χ0) is 24.5. The van der Waals surface area contributed by atoms with Crippen molar-refractivity contribution in [3.05, 3.63) is 93.6 Å². The quantitative estimate of drug-likeness (QED) is 0.525. The van der Waals surface area contributed by atoms with Crippen molar-refractivity contribution in [2.45, 2.75) is 56.1 Å². The van der Waals surface area contributed by atoms with Crippen LogP contribution in [0.3, 0.4) is 0 Å². The predicted octanol–water partition coefficient (Wildman–Crippen LogP) is 4.22. The monoisotopic (exact) mass is 548 g/mol. The molecule has 0 saturated carbocycles. The number of carbonyl (C=O) groups excluding carboxylic acids is 2. The Morgan fingerprint density at radius 2 is 1.28 bits per heavy atom. The van der Waals surface area contributed by atoms with Gasteiger partial charge in [0.05, 0.1) is 0 Å². The second-order valence-corrected chi connectivity index (χ2v) is 12.1. The van der Waals surface area contributed by atoms with Gasteiger partial charge in [-0.1, -0.05) is 0 Å². The average molecular weight is 549 g/mol. The van der Waals surface area contributed by atoms with Crippen LogP contribution in [0.2, 0.25) is 4.22 Å². The Hall–Kier alpha value is -2.28. The van der Waals surface area contributed by atoms with E-state index in [-0.39, 0.29) is 33.7 Å². The molecule has 2 aromatic rings. The fraction of sp³-hybridized carbons (Fsp3) is 0.357. The van der Waals surface area contributed by atoms with Crippen LogP contribution in [0, 0.1) is 17.6 Å². The van der Waals surface area contributed by atoms with E-state index in [4.69, 9.17) is 6.64 Å². The Kier molecular flexibility index (Phi) is 8.49. The normalized spacial score (nSPS) is 20.8. The van der Waals surface area contributed by atoms with E-state index >= 15 is 0 Å². The Morgan fingerprint density at radius 1 is 0.778 bits per heavy atom. The minimum Gasteiger partial charge on any atom is -1.00 e. The van der Waals surface area contributed by atoms with Crippen LogP contribution in [-0.4, -0.2) is 11.9 Å². The summed E-state index contributed by atoms with van der Waals surface area (Å²) in [7, 11) is 0. The van der Waals surface area contributed by atoms with Crippen molar-refractivity contribution in [2.24, 2.45) is 5.92 Å². The van der Waals surface area contributed by atoms with Crippen molar-refractivity contribution >= 4 is 11.9 Å². The molecule has 0 heterocycles. The van der Waals surface area contributed by atoms with Crippen molar-refractivity contribution in [1.82, 2.24) is 0 Å². The SMILES string of the molecule is CC1C2=C(CCCC2)C2=C1[CH]([Ti+]([O]C(=O)c1ccc(F)cc1)[O]C(=O)c1ccc(F)cc1)CCC2.[Cl-]. The fourth-order valence-corrected chi connectivity index (χ4v) is 8.89. The molecule has 0 spiro atoms. The standard InChI is InChI=1S/C14H19.2C7H5FO2.ClH.Ti/c1-10-11-6-2-4-8-13(11)14-9-5-3-7-12(10)14;2*8-6-3-1-5(2-4-6)7(9)10;;/h6,10H,2-5,7-9H2,1H3;2*1-4H,(H,9,10);1H;/q;;;;+3/p-3. The molecule has 0 amide bonds. The molecule has 2 aromatic carbocycles. The van der Waals surface area contributed by atoms with E-state index in [2.05, 4.69) is 6.92 Å². The summed E-state index contributed by atoms with van der Waals surface area (Å²) in [5.74, 6) is -1.84. The van der Waals surface area contributed by atoms with Gasteiger partial charge in [-0.15, -0.1) is 0 Å². The van der Waals surface area contributed by atoms with E-state index in [0.29, 0.717) is 0 Å². The molecular formula is C28H27ClF2O4Ti. The molecule has 188 valence electrons. The summed E-state index contributed by atoms with van der Waals surface area (Å²) in [5, 5.41) is 0. The summed E-state index contributed by atoms with van der Waals surface area (Å²) in [6.07, 6.45) is 7.32. The van der Waals surface area contributed by atoms with Gasteiger partial charge in [0.25, 0.3) is 0 Å². The summed E-state index contributed by atoms with van der Waals surface area (Å²) >= 11 is -3.29. The smallest absolute Gasteiger partial charge is 1.00 e. The third kappa shape index (κ3) is 5.36. The van der Waals surface area contributed by atoms with Gasteiger partial charge in [0.2, 0.25) is 0 Å². The van der Waals surface area contributed by atoms with Gasteiger partial charge in [0.15, 0.2) is 0 Å². The molecule has 0 aromatic heterocycles. The van der Waals surface area contributed by atoms with Gasteiger partial charge in [-0.05, 0) is 0 Å². The second kappa shape index (κ2) is 11.4. The van der Waals surface area contributed by atoms with E-state index in [1.807, 2.05) is 0 Å². The van der Waals surface area contributed by atoms with Crippen LogP contribution < -0.4 is 12.4 Å². The molecule has 3 aliphatic carbocycles. The minimum atomic E-state index is -3.29. The molecule has 0 bridgehead atoms. The fourth-order valence-electron chi connectivity index (χ4n) is 5.70. The number of allylic oxidation sites excluding steroid dienone is 4. The Balaban J connectivity index is 0.00000304. The summed E-state index contributed by atoms with van der Waals surface area (Å²) in [5.41, 5.74) is 6.10. The molecular weight excluding hydrogens is 522 g/mol. The zero-order valence-corrected chi connectivity index (χ0v) is 22.3. The molecule has 0 saturated heterocycles. The first-order valence-corrected chi connectivity index (χ1v) is 14.4. The maximum absolute atomic E-state index is 13.4. The van der Waals surface area contributed by atoms with Crippen LogP contribution in [-0.2, 0) is 25.3 Å². The van der Waals surface area contributed by atoms with E-state index in [0.717, 1.165) is 32.1 Å². The van der Waals surface area contributed by atoms with Crippen LogP contribution in [0.25, 0.3) is 0 Å². The first-order valence-electron chi connectivity index (χ1n) is 12.2. The molecule has 2 atom stereocenters. The Morgan fingerprint density at radius 3 is 1.83 bits per heavy atom. The van der Waals surface area contributed by atoms with Crippen LogP contribution in [0.15, 0.2) is 70.8 Å². The first kappa shape index (κ1) is 26.8. The molecule has 2 unspecified atom stereocenters. The molecule has 4 nitrogen and oxygen atoms in total. The van der Waals surface area contributed by atoms with Gasteiger partial charge in [0.1, 0.15) is 0 Å². The first-order chi connectivity index (χ1) is 16.9. The van der Waals surface area contributed by atoms with Crippen molar-refractivity contribution in [3.8, 4) is 0 Å². The molecule has 0 N–H and O–H groups in total. The second-order valence-electron chi connectivity index (χ2n) is 9.42. The third-order valence-electron chi connectivity index (χ3n) is 7.34. The van der Waals surface area contributed by atoms with Crippen LogP contribution in [0.1, 0.15) is 72.6 Å². The van der Waals surface area contributed by atoms with Gasteiger partial charge in [-0.25, -0.2) is 0 Å². The van der Waals surface area contributed by atoms with E-state index in [1.165, 1.54) is 83.7 Å². The topological polar surface area (TPSA) is 52.6 Å². The van der Waals surface area contributed by atoms with E-state index in [9.17, 15) is 18.4 Å². The number of halogens is 3. The zero-order valence-electron chi connectivity index (χ0n) is 20.0. The largest absolute Gasteiger partial charge is 1.00 e. The number of hydrogen-bond acceptors (Lipinski definition) is 4. The Bertz CT molecular complexity index is 1150. The maximum atomic E-state index is 13.4. The molecule has 3 aliphatic rings. The van der Waals surface area contributed by atoms with E-state index in [1.54, 1.807) is 0 Å². The van der Waals surface area contributed by atoms with Crippen LogP contribution in [0.5, 0.6) is 0 Å². The van der Waals surface area contributed by atoms with Crippen molar-refractivity contribution in [1.29, 1.82) is 0 Å². The number of carbonyl (C=O) groups is 2. The predicted molar refractivity (Wildman–Crippen MR) is 123 cm³/mol. The van der Waals surface area contributed by atoms with Crippen molar-refractivity contribution < 1.29 is 56.1 Å². The van der Waals surface area contributed by atoms with E-state index < -0.39 is 42.2 Å². The number of fused-ring (bicyclic) bond motifs is 1. The Labute approximate surface area is 222 Å². The summed E-state index contributed by atoms with van der Waals surface area (Å²) < 4.78 is 38.6. The molecule has 8 heteroatoms. The van der Waals surface area contributed by atoms with Crippen molar-refractivity contribution in [3.63, 3.8) is 0 Å². The summed E-state index contributed by atoms with van der Waals surface area (Å²) in [6.45, 7) is 2.22. The minimum absolute atomic E-state index is 0. The van der Waals surface area contributed by atoms with Gasteiger partial charge in [0, 0.05) is 0 Å². The van der Waals surface area contributed by atoms with Gasteiger partial charge in [-0.3, -0.25) is 0 Å². The maximum Gasteiger partial charge on any atom is -1.00 e. The van der Waals surface area contributed by atoms with Crippen LogP contribution >= 0.6 is 0 Å². The van der Waals surface area contributed by atoms with Crippen LogP contribution in [0.4, 0.5) is 8.78 Å². The summed E-state index contributed by atoms with van der Waals surface area (Å²) in [4.78, 5) is 26.1. The number of hydrogen-bond donors (Lipinski definition) is 0. The van der Waals surface area contributed by atoms with Gasteiger partial charge in [-0.2, -0.15) is 0 Å². The molecule has 36 heavy (non-hydrogen) atoms. The third-order valence-corrected chi connectivity index (χ3v) is 10.4. The number of benzene rings is 2. The molecule has 0 aliphatic heterocycles.